The van der Waals surface area contributed by atoms with E-state index in [0.29, 0.717) is 4.90 Å². The van der Waals surface area contributed by atoms with Gasteiger partial charge in [-0.05, 0) is 74.3 Å². The molecular formula is C36H45NO2S. The molecule has 0 bridgehead atoms. The van der Waals surface area contributed by atoms with E-state index in [1.165, 1.54) is 30.4 Å². The van der Waals surface area contributed by atoms with Crippen LogP contribution in [0, 0.1) is 0 Å². The first-order valence-electron chi connectivity index (χ1n) is 15.0. The number of hydrogen-bond acceptors (Lipinski definition) is 2. The first-order valence-corrected chi connectivity index (χ1v) is 16.5. The Kier molecular flexibility index (Phi) is 11.4. The molecule has 2 atom stereocenters. The van der Waals surface area contributed by atoms with Gasteiger partial charge in [0.05, 0.1) is 10.9 Å². The minimum Gasteiger partial charge on any atom is -0.207 e. The van der Waals surface area contributed by atoms with Crippen LogP contribution in [-0.2, 0) is 16.4 Å². The normalized spacial score (nSPS) is 15.2. The van der Waals surface area contributed by atoms with Crippen LogP contribution in [0.1, 0.15) is 100 Å². The summed E-state index contributed by atoms with van der Waals surface area (Å²) in [6, 6.07) is 27.5. The Balaban J connectivity index is 1.48. The maximum absolute atomic E-state index is 13.7. The zero-order chi connectivity index (χ0) is 28.2. The Morgan fingerprint density at radius 3 is 2.00 bits per heavy atom. The molecule has 3 nitrogen and oxygen atoms in total. The molecule has 0 amide bonds. The third-order valence-electron chi connectivity index (χ3n) is 8.03. The fourth-order valence-corrected chi connectivity index (χ4v) is 6.94. The van der Waals surface area contributed by atoms with Gasteiger partial charge >= 0.3 is 0 Å². The second kappa shape index (κ2) is 15.2. The van der Waals surface area contributed by atoms with Gasteiger partial charge in [0.15, 0.2) is 0 Å². The van der Waals surface area contributed by atoms with Crippen molar-refractivity contribution < 1.29 is 8.42 Å². The molecule has 3 aromatic rings. The summed E-state index contributed by atoms with van der Waals surface area (Å²) >= 11 is 0. The van der Waals surface area contributed by atoms with Gasteiger partial charge in [-0.3, -0.25) is 0 Å². The molecule has 0 saturated heterocycles. The standard InChI is InChI=1S/C36H45NO2S/c1-3-14-30-25-27-34(28-26-30)40(38,39)37-36(33-18-11-7-12-19-33)35(32-16-9-6-10-17-32)20-13-5-4-8-15-31-23-21-29(2)22-24-31/h6-7,9-12,16-19,21,24-28,35-37H,3-5,8,13-15,20,22-23H2,1-2H3/t35-,36-/m1/s1. The lowest BCUT2D eigenvalue weighted by Crippen LogP contribution is -2.33. The van der Waals surface area contributed by atoms with Gasteiger partial charge in [0.2, 0.25) is 10.0 Å². The summed E-state index contributed by atoms with van der Waals surface area (Å²) in [7, 11) is -3.71. The first kappa shape index (κ1) is 30.0. The number of nitrogens with one attached hydrogen (secondary N) is 1. The molecule has 40 heavy (non-hydrogen) atoms. The maximum atomic E-state index is 13.7. The molecule has 0 unspecified atom stereocenters. The summed E-state index contributed by atoms with van der Waals surface area (Å²) in [5, 5.41) is 0. The number of allylic oxidation sites excluding steroid dienone is 4. The van der Waals surface area contributed by atoms with Gasteiger partial charge in [-0.25, -0.2) is 13.1 Å². The van der Waals surface area contributed by atoms with Crippen LogP contribution in [-0.4, -0.2) is 8.42 Å². The van der Waals surface area contributed by atoms with Crippen LogP contribution in [0.5, 0.6) is 0 Å². The molecule has 212 valence electrons. The lowest BCUT2D eigenvalue weighted by atomic mass is 9.83. The molecule has 0 aliphatic heterocycles. The van der Waals surface area contributed by atoms with Gasteiger partial charge in [0.1, 0.15) is 0 Å². The van der Waals surface area contributed by atoms with Crippen molar-refractivity contribution in [3.63, 3.8) is 0 Å². The van der Waals surface area contributed by atoms with Crippen LogP contribution in [0.15, 0.2) is 113 Å². The topological polar surface area (TPSA) is 46.2 Å². The van der Waals surface area contributed by atoms with Crippen molar-refractivity contribution >= 4 is 10.0 Å². The highest BCUT2D eigenvalue weighted by atomic mass is 32.2. The third-order valence-corrected chi connectivity index (χ3v) is 9.49. The fraction of sp³-hybridized carbons (Fsp3) is 0.389. The van der Waals surface area contributed by atoms with Crippen molar-refractivity contribution in [2.75, 3.05) is 0 Å². The van der Waals surface area contributed by atoms with Crippen molar-refractivity contribution in [3.05, 3.63) is 125 Å². The average Bonchev–Trinajstić information content (AvgIpc) is 2.98. The molecule has 4 heteroatoms. The summed E-state index contributed by atoms with van der Waals surface area (Å²) in [4.78, 5) is 0.321. The number of aryl methyl sites for hydroxylation is 1. The summed E-state index contributed by atoms with van der Waals surface area (Å²) in [5.74, 6) is 0.0342. The van der Waals surface area contributed by atoms with Gasteiger partial charge in [-0.2, -0.15) is 0 Å². The van der Waals surface area contributed by atoms with Crippen molar-refractivity contribution in [3.8, 4) is 0 Å². The maximum Gasteiger partial charge on any atom is 0.241 e. The van der Waals surface area contributed by atoms with Crippen LogP contribution in [0.4, 0.5) is 0 Å². The fourth-order valence-electron chi connectivity index (χ4n) is 5.68. The summed E-state index contributed by atoms with van der Waals surface area (Å²) < 4.78 is 30.5. The highest BCUT2D eigenvalue weighted by Crippen LogP contribution is 2.37. The van der Waals surface area contributed by atoms with Crippen LogP contribution in [0.2, 0.25) is 0 Å². The third kappa shape index (κ3) is 8.78. The molecule has 0 radical (unpaired) electrons. The molecule has 4 rings (SSSR count). The summed E-state index contributed by atoms with van der Waals surface area (Å²) in [6.45, 7) is 4.34. The highest BCUT2D eigenvalue weighted by Gasteiger charge is 2.29. The Morgan fingerprint density at radius 2 is 1.38 bits per heavy atom. The monoisotopic (exact) mass is 555 g/mol. The van der Waals surface area contributed by atoms with Crippen molar-refractivity contribution in [1.29, 1.82) is 0 Å². The van der Waals surface area contributed by atoms with Crippen LogP contribution >= 0.6 is 0 Å². The van der Waals surface area contributed by atoms with E-state index in [9.17, 15) is 8.42 Å². The predicted molar refractivity (Wildman–Crippen MR) is 168 cm³/mol. The van der Waals surface area contributed by atoms with E-state index in [1.807, 2.05) is 48.5 Å². The van der Waals surface area contributed by atoms with E-state index in [1.54, 1.807) is 17.7 Å². The SMILES string of the molecule is CCCc1ccc(S(=O)(=O)N[C@H](c2ccccc2)[C@H](CCCCCCC2=CCC(C)=CC2)c2ccccc2)cc1. The molecule has 0 heterocycles. The zero-order valence-corrected chi connectivity index (χ0v) is 25.0. The Bertz CT molecular complexity index is 1340. The van der Waals surface area contributed by atoms with E-state index in [-0.39, 0.29) is 12.0 Å². The van der Waals surface area contributed by atoms with E-state index in [4.69, 9.17) is 0 Å². The Hall–Kier alpha value is -2.95. The number of sulfonamides is 1. The number of unbranched alkanes of at least 4 members (excludes halogenated alkanes) is 3. The number of benzene rings is 3. The predicted octanol–water partition coefficient (Wildman–Crippen LogP) is 9.45. The molecule has 1 aliphatic rings. The largest absolute Gasteiger partial charge is 0.241 e. The molecular weight excluding hydrogens is 510 g/mol. The second-order valence-corrected chi connectivity index (χ2v) is 12.9. The van der Waals surface area contributed by atoms with Gasteiger partial charge < -0.3 is 0 Å². The second-order valence-electron chi connectivity index (χ2n) is 11.2. The van der Waals surface area contributed by atoms with E-state index < -0.39 is 10.0 Å². The summed E-state index contributed by atoms with van der Waals surface area (Å²) in [6.07, 6.45) is 15.7. The van der Waals surface area contributed by atoms with Crippen LogP contribution in [0.25, 0.3) is 0 Å². The molecule has 1 N–H and O–H groups in total. The lowest BCUT2D eigenvalue weighted by molar-refractivity contribution is 0.450. The summed E-state index contributed by atoms with van der Waals surface area (Å²) in [5.41, 5.74) is 6.39. The minimum absolute atomic E-state index is 0.0342. The first-order chi connectivity index (χ1) is 19.5. The number of hydrogen-bond donors (Lipinski definition) is 1. The van der Waals surface area contributed by atoms with Crippen molar-refractivity contribution in [2.24, 2.45) is 0 Å². The Morgan fingerprint density at radius 1 is 0.725 bits per heavy atom. The van der Waals surface area contributed by atoms with Gasteiger partial charge in [0, 0.05) is 5.92 Å². The zero-order valence-electron chi connectivity index (χ0n) is 24.2. The minimum atomic E-state index is -3.71. The molecule has 3 aromatic carbocycles. The molecule has 1 aliphatic carbocycles. The quantitative estimate of drug-likeness (QED) is 0.150. The van der Waals surface area contributed by atoms with Crippen LogP contribution in [0.3, 0.4) is 0 Å². The van der Waals surface area contributed by atoms with Crippen LogP contribution < -0.4 is 4.72 Å². The van der Waals surface area contributed by atoms with E-state index >= 15 is 0 Å². The van der Waals surface area contributed by atoms with Gasteiger partial charge in [-0.15, -0.1) is 0 Å². The highest BCUT2D eigenvalue weighted by molar-refractivity contribution is 7.89. The molecule has 0 saturated carbocycles. The van der Waals surface area contributed by atoms with Crippen molar-refractivity contribution in [2.45, 2.75) is 94.9 Å². The number of rotatable bonds is 15. The molecule has 0 aromatic heterocycles. The van der Waals surface area contributed by atoms with Gasteiger partial charge in [-0.1, -0.05) is 129 Å². The smallest absolute Gasteiger partial charge is 0.207 e. The van der Waals surface area contributed by atoms with Crippen molar-refractivity contribution in [1.82, 2.24) is 4.72 Å². The Labute approximate surface area is 242 Å². The lowest BCUT2D eigenvalue weighted by Gasteiger charge is -2.29. The molecule has 0 fully saturated rings. The molecule has 0 spiro atoms. The van der Waals surface area contributed by atoms with E-state index in [0.717, 1.165) is 56.1 Å². The van der Waals surface area contributed by atoms with Gasteiger partial charge in [0.25, 0.3) is 0 Å². The van der Waals surface area contributed by atoms with E-state index in [2.05, 4.69) is 55.0 Å². The average molecular weight is 556 g/mol.